The summed E-state index contributed by atoms with van der Waals surface area (Å²) >= 11 is 0. The van der Waals surface area contributed by atoms with E-state index in [1.54, 1.807) is 0 Å². The molecule has 1 rings (SSSR count). The van der Waals surface area contributed by atoms with E-state index in [1.807, 2.05) is 0 Å². The predicted octanol–water partition coefficient (Wildman–Crippen LogP) is 6.12. The second-order valence-electron chi connectivity index (χ2n) is 6.21. The zero-order chi connectivity index (χ0) is 12.3. The van der Waals surface area contributed by atoms with Gasteiger partial charge in [-0.1, -0.05) is 70.9 Å². The van der Waals surface area contributed by atoms with Crippen molar-refractivity contribution in [3.63, 3.8) is 0 Å². The van der Waals surface area contributed by atoms with Gasteiger partial charge < -0.3 is 0 Å². The van der Waals surface area contributed by atoms with Crippen LogP contribution in [0.3, 0.4) is 0 Å². The van der Waals surface area contributed by atoms with Gasteiger partial charge in [0.25, 0.3) is 0 Å². The molecule has 0 aromatic rings. The molecule has 1 atom stereocenters. The van der Waals surface area contributed by atoms with Crippen LogP contribution < -0.4 is 0 Å². The molecule has 0 aromatic heterocycles. The quantitative estimate of drug-likeness (QED) is 0.334. The predicted molar refractivity (Wildman–Crippen MR) is 78.3 cm³/mol. The maximum Gasteiger partial charge on any atom is -0.0233 e. The average Bonchev–Trinajstić information content (AvgIpc) is 2.33. The van der Waals surface area contributed by atoms with Crippen molar-refractivity contribution in [2.45, 2.75) is 84.5 Å². The van der Waals surface area contributed by atoms with E-state index in [-0.39, 0.29) is 0 Å². The summed E-state index contributed by atoms with van der Waals surface area (Å²) in [6, 6.07) is 0. The van der Waals surface area contributed by atoms with Crippen LogP contribution in [-0.2, 0) is 0 Å². The number of allylic oxidation sites excluding steroid dienone is 2. The van der Waals surface area contributed by atoms with Gasteiger partial charge in [0, 0.05) is 0 Å². The lowest BCUT2D eigenvalue weighted by molar-refractivity contribution is 0.463. The van der Waals surface area contributed by atoms with Gasteiger partial charge in [-0.15, -0.1) is 0 Å². The Morgan fingerprint density at radius 3 is 2.35 bits per heavy atom. The standard InChI is InChI=1S/C17H32/c1-16(2)12-8-5-3-4-6-9-13-17-14-10-7-11-15-17/h10,14,16-17H,3-9,11-13,15H2,1-2H3. The van der Waals surface area contributed by atoms with Crippen LogP contribution in [0.15, 0.2) is 12.2 Å². The molecule has 0 radical (unpaired) electrons. The molecule has 0 aromatic carbocycles. The summed E-state index contributed by atoms with van der Waals surface area (Å²) in [5.41, 5.74) is 0. The van der Waals surface area contributed by atoms with Crippen molar-refractivity contribution in [1.82, 2.24) is 0 Å². The van der Waals surface area contributed by atoms with Gasteiger partial charge in [0.15, 0.2) is 0 Å². The van der Waals surface area contributed by atoms with Crippen LogP contribution in [0.1, 0.15) is 84.5 Å². The van der Waals surface area contributed by atoms with Crippen LogP contribution >= 0.6 is 0 Å². The number of hydrogen-bond acceptors (Lipinski definition) is 0. The molecule has 0 saturated carbocycles. The van der Waals surface area contributed by atoms with E-state index in [0.29, 0.717) is 0 Å². The summed E-state index contributed by atoms with van der Waals surface area (Å²) in [5, 5.41) is 0. The Kier molecular flexibility index (Phi) is 8.48. The monoisotopic (exact) mass is 236 g/mol. The molecule has 1 aliphatic carbocycles. The fourth-order valence-corrected chi connectivity index (χ4v) is 2.79. The van der Waals surface area contributed by atoms with E-state index in [2.05, 4.69) is 26.0 Å². The molecule has 0 heterocycles. The maximum absolute atomic E-state index is 2.46. The van der Waals surface area contributed by atoms with Crippen LogP contribution in [-0.4, -0.2) is 0 Å². The van der Waals surface area contributed by atoms with Crippen molar-refractivity contribution < 1.29 is 0 Å². The molecule has 0 heteroatoms. The highest BCUT2D eigenvalue weighted by Gasteiger charge is 2.07. The van der Waals surface area contributed by atoms with E-state index in [0.717, 1.165) is 11.8 Å². The van der Waals surface area contributed by atoms with Gasteiger partial charge in [-0.2, -0.15) is 0 Å². The third-order valence-electron chi connectivity index (χ3n) is 3.96. The Balaban J connectivity index is 1.81. The maximum atomic E-state index is 2.46. The van der Waals surface area contributed by atoms with Crippen molar-refractivity contribution in [3.05, 3.63) is 12.2 Å². The number of rotatable bonds is 9. The van der Waals surface area contributed by atoms with Gasteiger partial charge in [-0.25, -0.2) is 0 Å². The normalized spacial score (nSPS) is 20.1. The minimum Gasteiger partial charge on any atom is -0.0883 e. The second-order valence-corrected chi connectivity index (χ2v) is 6.21. The summed E-state index contributed by atoms with van der Waals surface area (Å²) in [4.78, 5) is 0. The van der Waals surface area contributed by atoms with E-state index in [1.165, 1.54) is 70.6 Å². The molecule has 1 unspecified atom stereocenters. The summed E-state index contributed by atoms with van der Waals surface area (Å²) in [5.74, 6) is 1.82. The number of unbranched alkanes of at least 4 members (excludes halogenated alkanes) is 5. The lowest BCUT2D eigenvalue weighted by Crippen LogP contribution is -2.00. The second kappa shape index (κ2) is 9.74. The Hall–Kier alpha value is -0.260. The molecule has 0 aliphatic heterocycles. The van der Waals surface area contributed by atoms with E-state index < -0.39 is 0 Å². The van der Waals surface area contributed by atoms with Crippen LogP contribution in [0, 0.1) is 11.8 Å². The van der Waals surface area contributed by atoms with Crippen LogP contribution in [0.25, 0.3) is 0 Å². The molecule has 0 spiro atoms. The smallest absolute Gasteiger partial charge is 0.0233 e. The fraction of sp³-hybridized carbons (Fsp3) is 0.882. The van der Waals surface area contributed by atoms with Gasteiger partial charge in [-0.05, 0) is 37.5 Å². The third kappa shape index (κ3) is 8.46. The first kappa shape index (κ1) is 14.8. The summed E-state index contributed by atoms with van der Waals surface area (Å²) in [6.07, 6.45) is 20.7. The van der Waals surface area contributed by atoms with Gasteiger partial charge >= 0.3 is 0 Å². The van der Waals surface area contributed by atoms with Crippen molar-refractivity contribution in [2.75, 3.05) is 0 Å². The first-order chi connectivity index (χ1) is 8.29. The Morgan fingerprint density at radius 1 is 1.00 bits per heavy atom. The third-order valence-corrected chi connectivity index (χ3v) is 3.96. The Bertz CT molecular complexity index is 190. The molecule has 0 saturated heterocycles. The molecule has 0 amide bonds. The Morgan fingerprint density at radius 2 is 1.71 bits per heavy atom. The molecule has 1 aliphatic rings. The summed E-state index contributed by atoms with van der Waals surface area (Å²) < 4.78 is 0. The zero-order valence-electron chi connectivity index (χ0n) is 12.1. The molecule has 100 valence electrons. The first-order valence-corrected chi connectivity index (χ1v) is 7.95. The molecule has 0 nitrogen and oxygen atoms in total. The number of hydrogen-bond donors (Lipinski definition) is 0. The van der Waals surface area contributed by atoms with Crippen LogP contribution in [0.2, 0.25) is 0 Å². The summed E-state index contributed by atoms with van der Waals surface area (Å²) in [7, 11) is 0. The van der Waals surface area contributed by atoms with Crippen LogP contribution in [0.4, 0.5) is 0 Å². The van der Waals surface area contributed by atoms with Gasteiger partial charge in [0.2, 0.25) is 0 Å². The fourth-order valence-electron chi connectivity index (χ4n) is 2.79. The topological polar surface area (TPSA) is 0 Å². The SMILES string of the molecule is CC(C)CCCCCCCCC1C=CCCC1. The average molecular weight is 236 g/mol. The van der Waals surface area contributed by atoms with Gasteiger partial charge in [-0.3, -0.25) is 0 Å². The van der Waals surface area contributed by atoms with E-state index in [9.17, 15) is 0 Å². The van der Waals surface area contributed by atoms with Crippen molar-refractivity contribution >= 4 is 0 Å². The van der Waals surface area contributed by atoms with Crippen molar-refractivity contribution in [3.8, 4) is 0 Å². The highest BCUT2D eigenvalue weighted by atomic mass is 14.1. The van der Waals surface area contributed by atoms with Crippen molar-refractivity contribution in [1.29, 1.82) is 0 Å². The molecule has 0 bridgehead atoms. The van der Waals surface area contributed by atoms with Gasteiger partial charge in [0.1, 0.15) is 0 Å². The highest BCUT2D eigenvalue weighted by molar-refractivity contribution is 4.92. The minimum atomic E-state index is 0.896. The Labute approximate surface area is 109 Å². The van der Waals surface area contributed by atoms with Gasteiger partial charge in [0.05, 0.1) is 0 Å². The summed E-state index contributed by atoms with van der Waals surface area (Å²) in [6.45, 7) is 4.66. The lowest BCUT2D eigenvalue weighted by Gasteiger charge is -2.15. The van der Waals surface area contributed by atoms with E-state index in [4.69, 9.17) is 0 Å². The highest BCUT2D eigenvalue weighted by Crippen LogP contribution is 2.23. The molecule has 0 N–H and O–H groups in total. The van der Waals surface area contributed by atoms with E-state index >= 15 is 0 Å². The first-order valence-electron chi connectivity index (χ1n) is 7.95. The molecule has 17 heavy (non-hydrogen) atoms. The molecular formula is C17H32. The lowest BCUT2D eigenvalue weighted by atomic mass is 9.91. The molecular weight excluding hydrogens is 204 g/mol. The van der Waals surface area contributed by atoms with Crippen molar-refractivity contribution in [2.24, 2.45) is 11.8 Å². The zero-order valence-corrected chi connectivity index (χ0v) is 12.1. The van der Waals surface area contributed by atoms with Crippen LogP contribution in [0.5, 0.6) is 0 Å². The largest absolute Gasteiger partial charge is 0.0883 e. The molecule has 0 fully saturated rings. The minimum absolute atomic E-state index is 0.896.